The molecule has 0 heterocycles. The third kappa shape index (κ3) is 5.53. The Balaban J connectivity index is 2.21. The van der Waals surface area contributed by atoms with Crippen molar-refractivity contribution in [2.24, 2.45) is 0 Å². The first kappa shape index (κ1) is 21.4. The van der Waals surface area contributed by atoms with Crippen molar-refractivity contribution in [3.8, 4) is 17.2 Å². The highest BCUT2D eigenvalue weighted by molar-refractivity contribution is 7.92. The average Bonchev–Trinajstić information content (AvgIpc) is 2.65. The van der Waals surface area contributed by atoms with Crippen molar-refractivity contribution in [1.29, 1.82) is 0 Å². The van der Waals surface area contributed by atoms with Gasteiger partial charge in [-0.15, -0.1) is 0 Å². The van der Waals surface area contributed by atoms with E-state index in [1.807, 2.05) is 6.92 Å². The van der Waals surface area contributed by atoms with Gasteiger partial charge in [-0.25, -0.2) is 8.42 Å². The van der Waals surface area contributed by atoms with Gasteiger partial charge in [-0.2, -0.15) is 0 Å². The number of methoxy groups -OCH3 is 2. The predicted octanol–water partition coefficient (Wildman–Crippen LogP) is 2.51. The molecule has 0 aliphatic rings. The van der Waals surface area contributed by atoms with Gasteiger partial charge in [0.2, 0.25) is 15.9 Å². The molecule has 9 heteroatoms. The van der Waals surface area contributed by atoms with Crippen LogP contribution in [0.5, 0.6) is 17.2 Å². The maximum absolute atomic E-state index is 12.5. The van der Waals surface area contributed by atoms with Crippen LogP contribution in [0.25, 0.3) is 0 Å². The van der Waals surface area contributed by atoms with Crippen molar-refractivity contribution in [2.45, 2.75) is 6.92 Å². The van der Waals surface area contributed by atoms with Crippen LogP contribution in [0, 0.1) is 0 Å². The zero-order valence-electron chi connectivity index (χ0n) is 16.3. The van der Waals surface area contributed by atoms with E-state index >= 15 is 0 Å². The number of benzene rings is 2. The molecule has 0 unspecified atom stereocenters. The minimum absolute atomic E-state index is 0.343. The van der Waals surface area contributed by atoms with Gasteiger partial charge in [0.25, 0.3) is 0 Å². The Hall–Kier alpha value is -2.94. The lowest BCUT2D eigenvalue weighted by Crippen LogP contribution is -2.37. The minimum atomic E-state index is -3.69. The van der Waals surface area contributed by atoms with Crippen LogP contribution >= 0.6 is 0 Å². The van der Waals surface area contributed by atoms with E-state index in [1.165, 1.54) is 14.2 Å². The maximum atomic E-state index is 12.5. The number of hydrogen-bond acceptors (Lipinski definition) is 6. The molecule has 2 rings (SSSR count). The molecular weight excluding hydrogens is 384 g/mol. The first-order valence-electron chi connectivity index (χ1n) is 8.51. The van der Waals surface area contributed by atoms with E-state index in [2.05, 4.69) is 5.32 Å². The number of carbonyl (C=O) groups is 1. The molecule has 1 amide bonds. The highest BCUT2D eigenvalue weighted by Gasteiger charge is 2.21. The van der Waals surface area contributed by atoms with Gasteiger partial charge in [0.15, 0.2) is 11.5 Å². The molecule has 0 saturated heterocycles. The molecule has 0 aliphatic heterocycles. The molecule has 0 radical (unpaired) electrons. The lowest BCUT2D eigenvalue weighted by Gasteiger charge is -2.22. The number of rotatable bonds is 9. The molecule has 2 aromatic rings. The summed E-state index contributed by atoms with van der Waals surface area (Å²) in [5.74, 6) is 0.990. The number of carbonyl (C=O) groups excluding carboxylic acids is 1. The fourth-order valence-electron chi connectivity index (χ4n) is 2.54. The Bertz CT molecular complexity index is 930. The maximum Gasteiger partial charge on any atom is 0.245 e. The lowest BCUT2D eigenvalue weighted by atomic mass is 10.2. The molecule has 0 atom stereocenters. The first-order valence-corrected chi connectivity index (χ1v) is 10.4. The summed E-state index contributed by atoms with van der Waals surface area (Å²) in [5.41, 5.74) is 0.801. The zero-order valence-corrected chi connectivity index (χ0v) is 17.1. The molecule has 0 saturated carbocycles. The summed E-state index contributed by atoms with van der Waals surface area (Å²) in [7, 11) is -0.692. The Labute approximate surface area is 165 Å². The zero-order chi connectivity index (χ0) is 20.7. The third-order valence-electron chi connectivity index (χ3n) is 3.77. The summed E-state index contributed by atoms with van der Waals surface area (Å²) in [6, 6.07) is 11.5. The van der Waals surface area contributed by atoms with Crippen LogP contribution < -0.4 is 23.8 Å². The summed E-state index contributed by atoms with van der Waals surface area (Å²) < 4.78 is 41.3. The summed E-state index contributed by atoms with van der Waals surface area (Å²) >= 11 is 0. The molecule has 0 bridgehead atoms. The van der Waals surface area contributed by atoms with Gasteiger partial charge in [-0.1, -0.05) is 6.07 Å². The van der Waals surface area contributed by atoms with Crippen molar-refractivity contribution in [2.75, 3.05) is 43.2 Å². The molecule has 0 aliphatic carbocycles. The smallest absolute Gasteiger partial charge is 0.245 e. The molecule has 0 spiro atoms. The number of hydrogen-bond donors (Lipinski definition) is 1. The van der Waals surface area contributed by atoms with Crippen LogP contribution in [0.2, 0.25) is 0 Å². The summed E-state index contributed by atoms with van der Waals surface area (Å²) in [6.07, 6.45) is 1.05. The Kier molecular flexibility index (Phi) is 7.11. The number of amides is 1. The predicted molar refractivity (Wildman–Crippen MR) is 108 cm³/mol. The van der Waals surface area contributed by atoms with Gasteiger partial charge in [0.05, 0.1) is 32.8 Å². The second-order valence-corrected chi connectivity index (χ2v) is 7.72. The fourth-order valence-corrected chi connectivity index (χ4v) is 3.39. The molecule has 152 valence electrons. The van der Waals surface area contributed by atoms with E-state index in [0.717, 1.165) is 10.6 Å². The number of anilines is 2. The minimum Gasteiger partial charge on any atom is -0.494 e. The van der Waals surface area contributed by atoms with Gasteiger partial charge < -0.3 is 19.5 Å². The van der Waals surface area contributed by atoms with Crippen LogP contribution in [0.15, 0.2) is 42.5 Å². The van der Waals surface area contributed by atoms with Crippen molar-refractivity contribution in [3.63, 3.8) is 0 Å². The van der Waals surface area contributed by atoms with E-state index in [-0.39, 0.29) is 6.54 Å². The van der Waals surface area contributed by atoms with Gasteiger partial charge in [-0.3, -0.25) is 9.10 Å². The molecule has 0 fully saturated rings. The average molecular weight is 408 g/mol. The number of nitrogens with one attached hydrogen (secondary N) is 1. The van der Waals surface area contributed by atoms with E-state index in [0.29, 0.717) is 35.2 Å². The van der Waals surface area contributed by atoms with Crippen LogP contribution in [-0.4, -0.2) is 48.0 Å². The summed E-state index contributed by atoms with van der Waals surface area (Å²) in [4.78, 5) is 12.5. The van der Waals surface area contributed by atoms with Crippen molar-refractivity contribution < 1.29 is 27.4 Å². The molecule has 2 aromatic carbocycles. The Morgan fingerprint density at radius 3 is 2.39 bits per heavy atom. The molecule has 8 nitrogen and oxygen atoms in total. The van der Waals surface area contributed by atoms with Gasteiger partial charge in [0.1, 0.15) is 12.3 Å². The van der Waals surface area contributed by atoms with Gasteiger partial charge in [-0.05, 0) is 31.2 Å². The monoisotopic (exact) mass is 408 g/mol. The third-order valence-corrected chi connectivity index (χ3v) is 4.91. The number of ether oxygens (including phenoxy) is 3. The van der Waals surface area contributed by atoms with E-state index in [4.69, 9.17) is 14.2 Å². The second kappa shape index (κ2) is 9.32. The normalized spacial score (nSPS) is 10.9. The summed E-state index contributed by atoms with van der Waals surface area (Å²) in [6.45, 7) is 1.89. The van der Waals surface area contributed by atoms with E-state index < -0.39 is 15.9 Å². The quantitative estimate of drug-likeness (QED) is 0.685. The van der Waals surface area contributed by atoms with Crippen molar-refractivity contribution >= 4 is 27.3 Å². The Morgan fingerprint density at radius 1 is 1.07 bits per heavy atom. The van der Waals surface area contributed by atoms with Gasteiger partial charge >= 0.3 is 0 Å². The van der Waals surface area contributed by atoms with Crippen molar-refractivity contribution in [3.05, 3.63) is 42.5 Å². The molecule has 0 aromatic heterocycles. The lowest BCUT2D eigenvalue weighted by molar-refractivity contribution is -0.114. The SMILES string of the molecule is CCOc1cccc(N(CC(=O)Nc2ccc(OC)c(OC)c2)S(C)(=O)=O)c1. The molecular formula is C19H24N2O6S. The largest absolute Gasteiger partial charge is 0.494 e. The van der Waals surface area contributed by atoms with Gasteiger partial charge in [0, 0.05) is 17.8 Å². The topological polar surface area (TPSA) is 94.2 Å². The van der Waals surface area contributed by atoms with Crippen LogP contribution in [0.1, 0.15) is 6.92 Å². The Morgan fingerprint density at radius 2 is 1.79 bits per heavy atom. The highest BCUT2D eigenvalue weighted by atomic mass is 32.2. The number of sulfonamides is 1. The van der Waals surface area contributed by atoms with Crippen LogP contribution in [0.3, 0.4) is 0 Å². The second-order valence-electron chi connectivity index (χ2n) is 5.82. The van der Waals surface area contributed by atoms with E-state index in [9.17, 15) is 13.2 Å². The fraction of sp³-hybridized carbons (Fsp3) is 0.316. The van der Waals surface area contributed by atoms with Crippen LogP contribution in [-0.2, 0) is 14.8 Å². The molecule has 28 heavy (non-hydrogen) atoms. The summed E-state index contributed by atoms with van der Waals surface area (Å²) in [5, 5.41) is 2.67. The van der Waals surface area contributed by atoms with Crippen molar-refractivity contribution in [1.82, 2.24) is 0 Å². The number of nitrogens with zero attached hydrogens (tertiary/aromatic N) is 1. The van der Waals surface area contributed by atoms with Crippen LogP contribution in [0.4, 0.5) is 11.4 Å². The molecule has 1 N–H and O–H groups in total. The first-order chi connectivity index (χ1) is 13.3. The standard InChI is InChI=1S/C19H24N2O6S/c1-5-27-16-8-6-7-15(12-16)21(28(4,23)24)13-19(22)20-14-9-10-17(25-2)18(11-14)26-3/h6-12H,5,13H2,1-4H3,(H,20,22). The van der Waals surface area contributed by atoms with E-state index in [1.54, 1.807) is 42.5 Å². The highest BCUT2D eigenvalue weighted by Crippen LogP contribution is 2.30.